The van der Waals surface area contributed by atoms with Crippen LogP contribution in [0.1, 0.15) is 20.3 Å². The highest BCUT2D eigenvalue weighted by atomic mass is 32.2. The van der Waals surface area contributed by atoms with Gasteiger partial charge in [0.25, 0.3) is 0 Å². The molecule has 146 valence electrons. The maximum Gasteiger partial charge on any atom is 0.234 e. The van der Waals surface area contributed by atoms with E-state index in [0.717, 1.165) is 6.42 Å². The van der Waals surface area contributed by atoms with Gasteiger partial charge in [0.2, 0.25) is 11.8 Å². The quantitative estimate of drug-likeness (QED) is 0.533. The van der Waals surface area contributed by atoms with E-state index < -0.39 is 0 Å². The second-order valence-electron chi connectivity index (χ2n) is 5.24. The number of nitrogens with zero attached hydrogens (tertiary/aromatic N) is 2. The third kappa shape index (κ3) is 7.77. The Balaban J connectivity index is 1.77. The molecular formula is C17H22N4O3S3. The molecule has 0 aliphatic rings. The summed E-state index contributed by atoms with van der Waals surface area (Å²) in [5.74, 6) is 1.02. The Labute approximate surface area is 171 Å². The van der Waals surface area contributed by atoms with Crippen LogP contribution in [0.15, 0.2) is 32.9 Å². The van der Waals surface area contributed by atoms with Gasteiger partial charge in [-0.05, 0) is 25.5 Å². The average Bonchev–Trinajstić information content (AvgIpc) is 3.13. The number of carbonyl (C=O) groups excluding carboxylic acids is 2. The molecule has 1 aromatic carbocycles. The molecule has 0 atom stereocenters. The monoisotopic (exact) mass is 426 g/mol. The van der Waals surface area contributed by atoms with Crippen molar-refractivity contribution in [3.05, 3.63) is 24.3 Å². The zero-order valence-corrected chi connectivity index (χ0v) is 17.6. The molecule has 0 spiro atoms. The average molecular weight is 427 g/mol. The van der Waals surface area contributed by atoms with Crippen LogP contribution in [-0.2, 0) is 9.59 Å². The SMILES string of the molecule is CCCNC(=O)CSc1nnc(SCC(=O)Nc2ccccc2OCC)s1. The topological polar surface area (TPSA) is 93.2 Å². The third-order valence-electron chi connectivity index (χ3n) is 3.07. The van der Waals surface area contributed by atoms with Crippen molar-refractivity contribution in [1.29, 1.82) is 0 Å². The second-order valence-corrected chi connectivity index (χ2v) is 8.66. The highest BCUT2D eigenvalue weighted by Gasteiger charge is 2.12. The van der Waals surface area contributed by atoms with Crippen LogP contribution in [0.25, 0.3) is 0 Å². The predicted molar refractivity (Wildman–Crippen MR) is 111 cm³/mol. The lowest BCUT2D eigenvalue weighted by Gasteiger charge is -2.10. The van der Waals surface area contributed by atoms with E-state index >= 15 is 0 Å². The summed E-state index contributed by atoms with van der Waals surface area (Å²) in [5, 5.41) is 13.8. The largest absolute Gasteiger partial charge is 0.492 e. The van der Waals surface area contributed by atoms with Crippen LogP contribution in [-0.4, -0.2) is 46.7 Å². The van der Waals surface area contributed by atoms with Gasteiger partial charge in [0.15, 0.2) is 8.68 Å². The molecule has 2 aromatic rings. The molecule has 1 aromatic heterocycles. The molecule has 0 unspecified atom stereocenters. The van der Waals surface area contributed by atoms with Gasteiger partial charge in [-0.1, -0.05) is 53.9 Å². The molecule has 10 heteroatoms. The summed E-state index contributed by atoms with van der Waals surface area (Å²) >= 11 is 4.04. The van der Waals surface area contributed by atoms with Gasteiger partial charge in [-0.15, -0.1) is 10.2 Å². The van der Waals surface area contributed by atoms with Crippen LogP contribution in [0.4, 0.5) is 5.69 Å². The van der Waals surface area contributed by atoms with Crippen molar-refractivity contribution in [2.24, 2.45) is 0 Å². The molecular weight excluding hydrogens is 404 g/mol. The van der Waals surface area contributed by atoms with Gasteiger partial charge in [0.1, 0.15) is 5.75 Å². The number of para-hydroxylation sites is 2. The van der Waals surface area contributed by atoms with Gasteiger partial charge in [-0.2, -0.15) is 0 Å². The summed E-state index contributed by atoms with van der Waals surface area (Å²) in [5.41, 5.74) is 0.650. The molecule has 27 heavy (non-hydrogen) atoms. The number of hydrogen-bond donors (Lipinski definition) is 2. The lowest BCUT2D eigenvalue weighted by Crippen LogP contribution is -2.25. The predicted octanol–water partition coefficient (Wildman–Crippen LogP) is 3.29. The van der Waals surface area contributed by atoms with Crippen LogP contribution < -0.4 is 15.4 Å². The Hall–Kier alpha value is -1.78. The molecule has 0 saturated carbocycles. The first-order valence-electron chi connectivity index (χ1n) is 8.49. The van der Waals surface area contributed by atoms with E-state index in [-0.39, 0.29) is 17.6 Å². The number of benzene rings is 1. The summed E-state index contributed by atoms with van der Waals surface area (Å²) in [7, 11) is 0. The van der Waals surface area contributed by atoms with Crippen molar-refractivity contribution >= 4 is 52.4 Å². The number of amides is 2. The molecule has 0 bridgehead atoms. The normalized spacial score (nSPS) is 10.4. The number of ether oxygens (including phenoxy) is 1. The minimum absolute atomic E-state index is 0.0152. The fraction of sp³-hybridized carbons (Fsp3) is 0.412. The van der Waals surface area contributed by atoms with E-state index in [9.17, 15) is 9.59 Å². The van der Waals surface area contributed by atoms with Gasteiger partial charge in [-0.25, -0.2) is 0 Å². The van der Waals surface area contributed by atoms with Crippen LogP contribution >= 0.6 is 34.9 Å². The van der Waals surface area contributed by atoms with Crippen LogP contribution in [0.3, 0.4) is 0 Å². The number of rotatable bonds is 11. The smallest absolute Gasteiger partial charge is 0.234 e. The molecule has 0 aliphatic carbocycles. The summed E-state index contributed by atoms with van der Waals surface area (Å²) in [6.07, 6.45) is 0.910. The standard InChI is InChI=1S/C17H22N4O3S3/c1-3-9-18-14(22)10-25-16-20-21-17(27-16)26-11-15(23)19-12-7-5-6-8-13(12)24-4-2/h5-8H,3-4,9-11H2,1-2H3,(H,18,22)(H,19,23). The fourth-order valence-corrected chi connectivity index (χ4v) is 4.57. The lowest BCUT2D eigenvalue weighted by molar-refractivity contribution is -0.118. The maximum absolute atomic E-state index is 12.2. The number of hydrogen-bond acceptors (Lipinski definition) is 8. The molecule has 7 nitrogen and oxygen atoms in total. The van der Waals surface area contributed by atoms with E-state index in [1.165, 1.54) is 34.9 Å². The van der Waals surface area contributed by atoms with Crippen LogP contribution in [0.2, 0.25) is 0 Å². The summed E-state index contributed by atoms with van der Waals surface area (Å²) < 4.78 is 6.91. The Morgan fingerprint density at radius 2 is 1.74 bits per heavy atom. The van der Waals surface area contributed by atoms with Gasteiger partial charge < -0.3 is 15.4 Å². The molecule has 0 fully saturated rings. The van der Waals surface area contributed by atoms with Crippen LogP contribution in [0, 0.1) is 0 Å². The van der Waals surface area contributed by atoms with Gasteiger partial charge >= 0.3 is 0 Å². The van der Waals surface area contributed by atoms with Crippen molar-refractivity contribution in [3.63, 3.8) is 0 Å². The van der Waals surface area contributed by atoms with Gasteiger partial charge in [-0.3, -0.25) is 9.59 Å². The zero-order valence-electron chi connectivity index (χ0n) is 15.2. The Kier molecular flexibility index (Phi) is 9.43. The van der Waals surface area contributed by atoms with Crippen molar-refractivity contribution in [3.8, 4) is 5.75 Å². The van der Waals surface area contributed by atoms with Gasteiger partial charge in [0, 0.05) is 6.54 Å². The number of anilines is 1. The first-order valence-corrected chi connectivity index (χ1v) is 11.3. The first kappa shape index (κ1) is 21.5. The minimum atomic E-state index is -0.143. The summed E-state index contributed by atoms with van der Waals surface area (Å²) in [4.78, 5) is 23.8. The molecule has 0 radical (unpaired) electrons. The molecule has 0 saturated heterocycles. The Morgan fingerprint density at radius 3 is 2.41 bits per heavy atom. The fourth-order valence-electron chi connectivity index (χ4n) is 1.92. The van der Waals surface area contributed by atoms with E-state index in [4.69, 9.17) is 4.74 Å². The maximum atomic E-state index is 12.2. The third-order valence-corrected chi connectivity index (χ3v) is 6.26. The zero-order chi connectivity index (χ0) is 19.5. The van der Waals surface area contributed by atoms with Crippen molar-refractivity contribution in [2.45, 2.75) is 28.9 Å². The summed E-state index contributed by atoms with van der Waals surface area (Å²) in [6.45, 7) is 5.11. The highest BCUT2D eigenvalue weighted by molar-refractivity contribution is 8.03. The Bertz CT molecular complexity index is 755. The molecule has 2 N–H and O–H groups in total. The second kappa shape index (κ2) is 11.8. The highest BCUT2D eigenvalue weighted by Crippen LogP contribution is 2.29. The van der Waals surface area contributed by atoms with Gasteiger partial charge in [0.05, 0.1) is 23.8 Å². The minimum Gasteiger partial charge on any atom is -0.492 e. The van der Waals surface area contributed by atoms with Crippen molar-refractivity contribution in [2.75, 3.05) is 30.0 Å². The number of nitrogens with one attached hydrogen (secondary N) is 2. The Morgan fingerprint density at radius 1 is 1.07 bits per heavy atom. The molecule has 1 heterocycles. The van der Waals surface area contributed by atoms with E-state index in [0.29, 0.717) is 39.0 Å². The molecule has 0 aliphatic heterocycles. The van der Waals surface area contributed by atoms with Crippen molar-refractivity contribution < 1.29 is 14.3 Å². The number of aromatic nitrogens is 2. The number of thioether (sulfide) groups is 2. The van der Waals surface area contributed by atoms with E-state index in [2.05, 4.69) is 20.8 Å². The number of carbonyl (C=O) groups is 2. The lowest BCUT2D eigenvalue weighted by atomic mass is 10.3. The van der Waals surface area contributed by atoms with Crippen LogP contribution in [0.5, 0.6) is 5.75 Å². The van der Waals surface area contributed by atoms with Crippen molar-refractivity contribution in [1.82, 2.24) is 15.5 Å². The first-order chi connectivity index (χ1) is 13.1. The summed E-state index contributed by atoms with van der Waals surface area (Å²) in [6, 6.07) is 7.32. The molecule has 2 amide bonds. The van der Waals surface area contributed by atoms with E-state index in [1.54, 1.807) is 6.07 Å². The molecule has 2 rings (SSSR count). The van der Waals surface area contributed by atoms with E-state index in [1.807, 2.05) is 32.0 Å².